The average Bonchev–Trinajstić information content (AvgIpc) is 3.34. The monoisotopic (exact) mass is 404 g/mol. The van der Waals surface area contributed by atoms with Crippen molar-refractivity contribution in [1.29, 1.82) is 0 Å². The van der Waals surface area contributed by atoms with E-state index in [1.807, 2.05) is 41.1 Å². The molecule has 3 aromatic rings. The van der Waals surface area contributed by atoms with Crippen LogP contribution in [0.15, 0.2) is 47.2 Å². The Bertz CT molecular complexity index is 1080. The number of nitrogens with zero attached hydrogens (tertiary/aromatic N) is 3. The summed E-state index contributed by atoms with van der Waals surface area (Å²) in [4.78, 5) is 15.1. The summed E-state index contributed by atoms with van der Waals surface area (Å²) in [6.45, 7) is 2.16. The van der Waals surface area contributed by atoms with Crippen molar-refractivity contribution in [3.63, 3.8) is 0 Å². The minimum atomic E-state index is -0.644. The number of aliphatic hydroxyl groups excluding tert-OH is 1. The van der Waals surface area contributed by atoms with Crippen molar-refractivity contribution in [3.05, 3.63) is 59.8 Å². The van der Waals surface area contributed by atoms with Gasteiger partial charge in [0.25, 0.3) is 0 Å². The van der Waals surface area contributed by atoms with E-state index in [9.17, 15) is 9.90 Å². The van der Waals surface area contributed by atoms with Crippen LogP contribution in [0.5, 0.6) is 0 Å². The Morgan fingerprint density at radius 2 is 2.13 bits per heavy atom. The van der Waals surface area contributed by atoms with Crippen LogP contribution in [0.25, 0.3) is 11.3 Å². The first-order valence-corrected chi connectivity index (χ1v) is 10.0. The van der Waals surface area contributed by atoms with E-state index >= 15 is 0 Å². The second kappa shape index (κ2) is 8.56. The largest absolute Gasteiger partial charge is 0.385 e. The van der Waals surface area contributed by atoms with Crippen LogP contribution in [-0.4, -0.2) is 25.7 Å². The number of carbonyl (C=O) groups excluding carboxylic acids is 1. The first-order chi connectivity index (χ1) is 14.5. The van der Waals surface area contributed by atoms with Crippen molar-refractivity contribution in [2.75, 3.05) is 0 Å². The number of aromatic nitrogens is 3. The number of nitrogens with two attached hydrogens (primary N) is 1. The highest BCUT2D eigenvalue weighted by molar-refractivity contribution is 5.74. The fourth-order valence-corrected chi connectivity index (χ4v) is 3.73. The summed E-state index contributed by atoms with van der Waals surface area (Å²) in [5, 5.41) is 13.9. The van der Waals surface area contributed by atoms with E-state index < -0.39 is 6.10 Å². The second-order valence-electron chi connectivity index (χ2n) is 7.82. The second-order valence-corrected chi connectivity index (χ2v) is 7.82. The Balaban J connectivity index is 1.37. The van der Waals surface area contributed by atoms with Gasteiger partial charge in [0.1, 0.15) is 17.6 Å². The predicted octanol–water partition coefficient (Wildman–Crippen LogP) is 2.89. The summed E-state index contributed by atoms with van der Waals surface area (Å²) in [5.74, 6) is 8.26. The maximum atomic E-state index is 10.9. The molecule has 1 aliphatic rings. The summed E-state index contributed by atoms with van der Waals surface area (Å²) in [6.07, 6.45) is 5.18. The van der Waals surface area contributed by atoms with E-state index in [1.54, 1.807) is 13.1 Å². The van der Waals surface area contributed by atoms with Gasteiger partial charge in [0.15, 0.2) is 5.76 Å². The molecule has 1 saturated carbocycles. The highest BCUT2D eigenvalue weighted by atomic mass is 16.5. The van der Waals surface area contributed by atoms with Gasteiger partial charge in [0, 0.05) is 41.9 Å². The van der Waals surface area contributed by atoms with E-state index in [-0.39, 0.29) is 5.91 Å². The van der Waals surface area contributed by atoms with Gasteiger partial charge in [-0.25, -0.2) is 4.98 Å². The molecule has 0 unspecified atom stereocenters. The van der Waals surface area contributed by atoms with E-state index in [2.05, 4.69) is 22.0 Å². The maximum Gasteiger partial charge on any atom is 0.217 e. The van der Waals surface area contributed by atoms with Crippen LogP contribution in [0.3, 0.4) is 0 Å². The number of imidazole rings is 1. The number of aliphatic hydroxyl groups is 1. The molecule has 30 heavy (non-hydrogen) atoms. The fraction of sp³-hybridized carbons (Fsp3) is 0.348. The third-order valence-electron chi connectivity index (χ3n) is 5.33. The van der Waals surface area contributed by atoms with Crippen LogP contribution < -0.4 is 5.73 Å². The fourth-order valence-electron chi connectivity index (χ4n) is 3.73. The molecule has 1 aliphatic carbocycles. The van der Waals surface area contributed by atoms with Gasteiger partial charge < -0.3 is 19.9 Å². The Morgan fingerprint density at radius 1 is 1.37 bits per heavy atom. The maximum absolute atomic E-state index is 10.9. The molecule has 0 bridgehead atoms. The number of amides is 1. The molecule has 0 spiro atoms. The summed E-state index contributed by atoms with van der Waals surface area (Å²) < 4.78 is 7.33. The van der Waals surface area contributed by atoms with Crippen LogP contribution in [0.4, 0.5) is 0 Å². The van der Waals surface area contributed by atoms with Gasteiger partial charge in [-0.15, -0.1) is 0 Å². The van der Waals surface area contributed by atoms with E-state index in [0.717, 1.165) is 29.7 Å². The number of rotatable bonds is 6. The molecule has 7 nitrogen and oxygen atoms in total. The van der Waals surface area contributed by atoms with Gasteiger partial charge in [0.05, 0.1) is 6.54 Å². The molecule has 2 aromatic heterocycles. The molecule has 1 amide bonds. The summed E-state index contributed by atoms with van der Waals surface area (Å²) in [7, 11) is 0. The molecule has 2 heterocycles. The van der Waals surface area contributed by atoms with E-state index in [4.69, 9.17) is 10.3 Å². The summed E-state index contributed by atoms with van der Waals surface area (Å²) in [5.41, 5.74) is 7.85. The summed E-state index contributed by atoms with van der Waals surface area (Å²) >= 11 is 0. The minimum Gasteiger partial charge on any atom is -0.385 e. The van der Waals surface area contributed by atoms with E-state index in [0.29, 0.717) is 36.4 Å². The zero-order valence-electron chi connectivity index (χ0n) is 16.8. The topological polar surface area (TPSA) is 107 Å². The highest BCUT2D eigenvalue weighted by Crippen LogP contribution is 2.35. The average molecular weight is 404 g/mol. The molecule has 0 saturated heterocycles. The van der Waals surface area contributed by atoms with Crippen molar-refractivity contribution in [3.8, 4) is 23.2 Å². The number of primary amides is 1. The Labute approximate surface area is 174 Å². The Hall–Kier alpha value is -3.37. The molecular formula is C23H24N4O3. The molecule has 0 radical (unpaired) electrons. The van der Waals surface area contributed by atoms with E-state index in [1.165, 1.54) is 0 Å². The number of hydrogen-bond donors (Lipinski definition) is 2. The lowest BCUT2D eigenvalue weighted by atomic mass is 9.73. The lowest BCUT2D eigenvalue weighted by Gasteiger charge is -2.30. The van der Waals surface area contributed by atoms with Gasteiger partial charge in [-0.05, 0) is 49.9 Å². The lowest BCUT2D eigenvalue weighted by molar-refractivity contribution is -0.119. The molecule has 3 N–H and O–H groups in total. The SMILES string of the molecule is C[C@H](O)c1nccn1Cc1cc(-c2ccc(C#CC3CC(CC(N)=O)C3)cc2)on1. The molecule has 0 aliphatic heterocycles. The smallest absolute Gasteiger partial charge is 0.217 e. The van der Waals surface area contributed by atoms with Gasteiger partial charge in [-0.2, -0.15) is 0 Å². The van der Waals surface area contributed by atoms with Crippen molar-refractivity contribution in [2.24, 2.45) is 17.6 Å². The van der Waals surface area contributed by atoms with Crippen LogP contribution in [0.1, 0.15) is 49.4 Å². The molecule has 4 rings (SSSR count). The quantitative estimate of drug-likeness (QED) is 0.614. The normalized spacial score (nSPS) is 18.9. The molecule has 1 atom stereocenters. The number of benzene rings is 1. The minimum absolute atomic E-state index is 0.231. The third-order valence-corrected chi connectivity index (χ3v) is 5.33. The number of hydrogen-bond acceptors (Lipinski definition) is 5. The third kappa shape index (κ3) is 4.61. The van der Waals surface area contributed by atoms with Crippen molar-refractivity contribution in [1.82, 2.24) is 14.7 Å². The zero-order chi connectivity index (χ0) is 21.1. The van der Waals surface area contributed by atoms with Gasteiger partial charge in [0.2, 0.25) is 5.91 Å². The standard InChI is InChI=1S/C23H24N4O3/c1-15(28)23-25-8-9-27(23)14-20-13-21(30-26-20)19-6-4-16(5-7-19)2-3-17-10-18(11-17)12-22(24)29/h4-9,13,15,17-18,28H,10-12,14H2,1H3,(H2,24,29)/t15-,17?,18?/m0/s1. The molecule has 154 valence electrons. The van der Waals surface area contributed by atoms with Gasteiger partial charge >= 0.3 is 0 Å². The van der Waals surface area contributed by atoms with Crippen LogP contribution in [0, 0.1) is 23.7 Å². The van der Waals surface area contributed by atoms with Crippen LogP contribution in [-0.2, 0) is 11.3 Å². The molecule has 7 heteroatoms. The van der Waals surface area contributed by atoms with Crippen LogP contribution in [0.2, 0.25) is 0 Å². The van der Waals surface area contributed by atoms with Crippen LogP contribution >= 0.6 is 0 Å². The molecule has 1 aromatic carbocycles. The molecule has 1 fully saturated rings. The molecular weight excluding hydrogens is 380 g/mol. The summed E-state index contributed by atoms with van der Waals surface area (Å²) in [6, 6.07) is 9.74. The van der Waals surface area contributed by atoms with Gasteiger partial charge in [-0.3, -0.25) is 4.79 Å². The zero-order valence-corrected chi connectivity index (χ0v) is 16.8. The number of carbonyl (C=O) groups is 1. The van der Waals surface area contributed by atoms with Crippen molar-refractivity contribution < 1.29 is 14.4 Å². The first-order valence-electron chi connectivity index (χ1n) is 10.0. The van der Waals surface area contributed by atoms with Crippen molar-refractivity contribution in [2.45, 2.75) is 38.8 Å². The Kier molecular flexibility index (Phi) is 5.68. The van der Waals surface area contributed by atoms with Crippen molar-refractivity contribution >= 4 is 5.91 Å². The van der Waals surface area contributed by atoms with Gasteiger partial charge in [-0.1, -0.05) is 17.0 Å². The Morgan fingerprint density at radius 3 is 2.83 bits per heavy atom. The first kappa shape index (κ1) is 19.9. The highest BCUT2D eigenvalue weighted by Gasteiger charge is 2.28. The lowest BCUT2D eigenvalue weighted by Crippen LogP contribution is -2.27. The predicted molar refractivity (Wildman–Crippen MR) is 111 cm³/mol.